The number of methoxy groups -OCH3 is 1. The normalized spacial score (nSPS) is 12.1. The van der Waals surface area contributed by atoms with Crippen molar-refractivity contribution in [3.8, 4) is 0 Å². The number of non-ortho nitro benzene ring substituents is 1. The van der Waals surface area contributed by atoms with Crippen molar-refractivity contribution < 1.29 is 24.2 Å². The first-order valence-corrected chi connectivity index (χ1v) is 7.19. The number of aliphatic imine (C=N–C) groups is 1. The highest BCUT2D eigenvalue weighted by molar-refractivity contribution is 5.77. The van der Waals surface area contributed by atoms with Crippen LogP contribution in [0.4, 0.5) is 5.69 Å². The molecule has 0 unspecified atom stereocenters. The summed E-state index contributed by atoms with van der Waals surface area (Å²) in [6.45, 7) is 2.46. The molecule has 0 N–H and O–H groups in total. The second-order valence-electron chi connectivity index (χ2n) is 4.69. The molecule has 0 fully saturated rings. The zero-order valence-electron chi connectivity index (χ0n) is 13.1. The quantitative estimate of drug-likeness (QED) is 0.125. The fraction of sp³-hybridized carbons (Fsp3) is 0.467. The van der Waals surface area contributed by atoms with Crippen LogP contribution in [-0.2, 0) is 25.7 Å². The highest BCUT2D eigenvalue weighted by Crippen LogP contribution is 2.14. The van der Waals surface area contributed by atoms with E-state index in [1.165, 1.54) is 19.2 Å². The molecular formula is C15H20N2O6. The Morgan fingerprint density at radius 3 is 2.65 bits per heavy atom. The predicted molar refractivity (Wildman–Crippen MR) is 83.0 cm³/mol. The third kappa shape index (κ3) is 6.88. The summed E-state index contributed by atoms with van der Waals surface area (Å²) in [5.41, 5.74) is 0.703. The lowest BCUT2D eigenvalue weighted by molar-refractivity contribution is -0.384. The average molecular weight is 324 g/mol. The van der Waals surface area contributed by atoms with Crippen LogP contribution in [0.2, 0.25) is 0 Å². The number of hydrogen-bond acceptors (Lipinski definition) is 7. The number of carbonyl (C=O) groups excluding carboxylic acids is 1. The number of nitro groups is 1. The maximum Gasteiger partial charge on any atom is 0.331 e. The first-order valence-electron chi connectivity index (χ1n) is 7.19. The van der Waals surface area contributed by atoms with Gasteiger partial charge in [-0.15, -0.1) is 0 Å². The molecule has 126 valence electrons. The number of esters is 1. The van der Waals surface area contributed by atoms with Gasteiger partial charge in [-0.3, -0.25) is 10.1 Å². The summed E-state index contributed by atoms with van der Waals surface area (Å²) < 4.78 is 4.68. The van der Waals surface area contributed by atoms with Crippen LogP contribution in [0.25, 0.3) is 0 Å². The van der Waals surface area contributed by atoms with Gasteiger partial charge in [0, 0.05) is 18.6 Å². The molecule has 1 aromatic carbocycles. The van der Waals surface area contributed by atoms with E-state index in [-0.39, 0.29) is 12.1 Å². The van der Waals surface area contributed by atoms with E-state index in [1.807, 2.05) is 6.92 Å². The van der Waals surface area contributed by atoms with E-state index in [2.05, 4.69) is 9.73 Å². The summed E-state index contributed by atoms with van der Waals surface area (Å²) in [4.78, 5) is 35.4. The topological polar surface area (TPSA) is 100 Å². The first-order chi connectivity index (χ1) is 11.1. The summed E-state index contributed by atoms with van der Waals surface area (Å²) in [7, 11) is 1.26. The molecule has 23 heavy (non-hydrogen) atoms. The lowest BCUT2D eigenvalue weighted by atomic mass is 10.1. The zero-order valence-corrected chi connectivity index (χ0v) is 13.1. The van der Waals surface area contributed by atoms with Gasteiger partial charge in [0.25, 0.3) is 5.69 Å². The zero-order chi connectivity index (χ0) is 17.1. The first kappa shape index (κ1) is 18.6. The van der Waals surface area contributed by atoms with Gasteiger partial charge < -0.3 is 9.62 Å². The predicted octanol–water partition coefficient (Wildman–Crippen LogP) is 2.46. The van der Waals surface area contributed by atoms with Crippen molar-refractivity contribution in [3.63, 3.8) is 0 Å². The highest BCUT2D eigenvalue weighted by atomic mass is 17.2. The molecule has 8 nitrogen and oxygen atoms in total. The molecule has 1 aromatic rings. The van der Waals surface area contributed by atoms with Gasteiger partial charge in [0.1, 0.15) is 0 Å². The molecule has 0 bridgehead atoms. The van der Waals surface area contributed by atoms with Gasteiger partial charge in [-0.25, -0.2) is 9.79 Å². The molecule has 0 amide bonds. The molecule has 0 saturated heterocycles. The van der Waals surface area contributed by atoms with E-state index in [0.29, 0.717) is 6.61 Å². The van der Waals surface area contributed by atoms with Gasteiger partial charge in [-0.1, -0.05) is 25.5 Å². The van der Waals surface area contributed by atoms with Crippen LogP contribution in [0.1, 0.15) is 25.3 Å². The van der Waals surface area contributed by atoms with Crippen molar-refractivity contribution in [2.24, 2.45) is 4.99 Å². The molecule has 0 aliphatic carbocycles. The van der Waals surface area contributed by atoms with Crippen molar-refractivity contribution in [3.05, 3.63) is 39.9 Å². The molecule has 0 aliphatic rings. The number of benzene rings is 1. The Labute approximate surface area is 134 Å². The van der Waals surface area contributed by atoms with E-state index in [4.69, 9.17) is 9.78 Å². The van der Waals surface area contributed by atoms with Crippen molar-refractivity contribution in [1.29, 1.82) is 0 Å². The Balaban J connectivity index is 2.62. The minimum Gasteiger partial charge on any atom is -0.467 e. The lowest BCUT2D eigenvalue weighted by Gasteiger charge is -2.09. The standard InChI is InChI=1S/C15H20N2O6/c1-3-4-9-22-23-11-16-14(15(18)21-2)10-12-5-7-13(8-6-12)17(19)20/h5-8,11,14H,3-4,9-10H2,1-2H3/t14-/m0/s1. The number of nitro benzene ring substituents is 1. The molecule has 1 rings (SSSR count). The average Bonchev–Trinajstić information content (AvgIpc) is 2.56. The second-order valence-corrected chi connectivity index (χ2v) is 4.69. The second kappa shape index (κ2) is 10.3. The number of rotatable bonds is 10. The number of ether oxygens (including phenoxy) is 1. The van der Waals surface area contributed by atoms with Crippen LogP contribution in [0.5, 0.6) is 0 Å². The third-order valence-corrected chi connectivity index (χ3v) is 2.98. The van der Waals surface area contributed by atoms with Crippen molar-refractivity contribution in [2.75, 3.05) is 13.7 Å². The number of nitrogens with zero attached hydrogens (tertiary/aromatic N) is 2. The molecule has 0 spiro atoms. The largest absolute Gasteiger partial charge is 0.467 e. The molecular weight excluding hydrogens is 304 g/mol. The molecule has 0 heterocycles. The Morgan fingerprint density at radius 2 is 2.09 bits per heavy atom. The summed E-state index contributed by atoms with van der Waals surface area (Å²) in [6, 6.07) is 5.08. The maximum atomic E-state index is 11.7. The molecule has 0 aromatic heterocycles. The van der Waals surface area contributed by atoms with Crippen LogP contribution < -0.4 is 0 Å². The van der Waals surface area contributed by atoms with Crippen molar-refractivity contribution >= 4 is 18.1 Å². The van der Waals surface area contributed by atoms with E-state index >= 15 is 0 Å². The summed E-state index contributed by atoms with van der Waals surface area (Å²) in [5, 5.41) is 10.6. The van der Waals surface area contributed by atoms with Crippen LogP contribution in [0.3, 0.4) is 0 Å². The minimum atomic E-state index is -0.809. The van der Waals surface area contributed by atoms with Gasteiger partial charge >= 0.3 is 5.97 Å². The summed E-state index contributed by atoms with van der Waals surface area (Å²) >= 11 is 0. The van der Waals surface area contributed by atoms with Gasteiger partial charge in [-0.2, -0.15) is 4.89 Å². The summed E-state index contributed by atoms with van der Waals surface area (Å²) in [5.74, 6) is -0.531. The van der Waals surface area contributed by atoms with Gasteiger partial charge in [0.05, 0.1) is 18.6 Å². The van der Waals surface area contributed by atoms with E-state index in [1.54, 1.807) is 12.1 Å². The molecule has 0 saturated carbocycles. The molecule has 8 heteroatoms. The van der Waals surface area contributed by atoms with Crippen LogP contribution in [0, 0.1) is 10.1 Å². The monoisotopic (exact) mass is 324 g/mol. The van der Waals surface area contributed by atoms with Crippen molar-refractivity contribution in [2.45, 2.75) is 32.2 Å². The lowest BCUT2D eigenvalue weighted by Crippen LogP contribution is -2.23. The fourth-order valence-corrected chi connectivity index (χ4v) is 1.69. The van der Waals surface area contributed by atoms with E-state index in [9.17, 15) is 14.9 Å². The van der Waals surface area contributed by atoms with Crippen molar-refractivity contribution in [1.82, 2.24) is 0 Å². The Bertz CT molecular complexity index is 529. The Hall–Kier alpha value is -2.48. The van der Waals surface area contributed by atoms with Crippen LogP contribution >= 0.6 is 0 Å². The van der Waals surface area contributed by atoms with Crippen LogP contribution in [0.15, 0.2) is 29.3 Å². The van der Waals surface area contributed by atoms with Gasteiger partial charge in [-0.05, 0) is 12.0 Å². The molecule has 0 aliphatic heterocycles. The minimum absolute atomic E-state index is 0.0143. The van der Waals surface area contributed by atoms with Gasteiger partial charge in [0.2, 0.25) is 6.40 Å². The Morgan fingerprint density at radius 1 is 1.39 bits per heavy atom. The van der Waals surface area contributed by atoms with E-state index < -0.39 is 16.9 Å². The molecule has 1 atom stereocenters. The number of unbranched alkanes of at least 4 members (excludes halogenated alkanes) is 1. The summed E-state index contributed by atoms with van der Waals surface area (Å²) in [6.07, 6.45) is 3.13. The maximum absolute atomic E-state index is 11.7. The van der Waals surface area contributed by atoms with E-state index in [0.717, 1.165) is 24.8 Å². The van der Waals surface area contributed by atoms with Crippen LogP contribution in [-0.4, -0.2) is 37.1 Å². The fourth-order valence-electron chi connectivity index (χ4n) is 1.69. The number of carbonyl (C=O) groups is 1. The van der Waals surface area contributed by atoms with Gasteiger partial charge in [0.15, 0.2) is 6.04 Å². The molecule has 0 radical (unpaired) electrons. The smallest absolute Gasteiger partial charge is 0.331 e. The SMILES string of the molecule is CCCCOOC=N[C@@H](Cc1ccc([N+](=O)[O-])cc1)C(=O)OC. The highest BCUT2D eigenvalue weighted by Gasteiger charge is 2.18. The third-order valence-electron chi connectivity index (χ3n) is 2.98. The number of hydrogen-bond donors (Lipinski definition) is 0. The Kier molecular flexibility index (Phi) is 8.30.